The summed E-state index contributed by atoms with van der Waals surface area (Å²) >= 11 is 4.89. The third-order valence-electron chi connectivity index (χ3n) is 4.02. The Morgan fingerprint density at radius 2 is 2.07 bits per heavy atom. The van der Waals surface area contributed by atoms with Crippen molar-refractivity contribution < 1.29 is 9.53 Å². The number of benzene rings is 2. The number of ether oxygens (including phenoxy) is 1. The quantitative estimate of drug-likeness (QED) is 0.455. The van der Waals surface area contributed by atoms with Gasteiger partial charge >= 0.3 is 0 Å². The fourth-order valence-electron chi connectivity index (χ4n) is 2.57. The highest BCUT2D eigenvalue weighted by atomic mass is 79.9. The monoisotopic (exact) mass is 444 g/mol. The lowest BCUT2D eigenvalue weighted by Crippen LogP contribution is -2.12. The lowest BCUT2D eigenvalue weighted by molar-refractivity contribution is -0.116. The van der Waals surface area contributed by atoms with E-state index in [1.165, 1.54) is 16.9 Å². The predicted molar refractivity (Wildman–Crippen MR) is 115 cm³/mol. The van der Waals surface area contributed by atoms with Gasteiger partial charge in [0.1, 0.15) is 5.75 Å². The summed E-state index contributed by atoms with van der Waals surface area (Å²) in [4.78, 5) is 16.6. The summed E-state index contributed by atoms with van der Waals surface area (Å²) in [5, 5.41) is 5.43. The number of aryl methyl sites for hydroxylation is 2. The average Bonchev–Trinajstić information content (AvgIpc) is 3.10. The summed E-state index contributed by atoms with van der Waals surface area (Å²) in [6.45, 7) is 4.57. The topological polar surface area (TPSA) is 51.2 Å². The van der Waals surface area contributed by atoms with E-state index < -0.39 is 0 Å². The number of carbonyl (C=O) groups is 1. The summed E-state index contributed by atoms with van der Waals surface area (Å²) in [5.74, 6) is 0.837. The molecule has 0 aliphatic heterocycles. The van der Waals surface area contributed by atoms with E-state index in [1.54, 1.807) is 0 Å². The van der Waals surface area contributed by atoms with Crippen molar-refractivity contribution in [1.82, 2.24) is 4.98 Å². The minimum atomic E-state index is -0.0466. The number of amides is 1. The highest BCUT2D eigenvalue weighted by Gasteiger charge is 2.09. The maximum atomic E-state index is 12.1. The van der Waals surface area contributed by atoms with Crippen LogP contribution in [0.1, 0.15) is 24.0 Å². The van der Waals surface area contributed by atoms with E-state index in [-0.39, 0.29) is 5.91 Å². The largest absolute Gasteiger partial charge is 0.493 e. The van der Waals surface area contributed by atoms with Gasteiger partial charge in [-0.2, -0.15) is 0 Å². The Balaban J connectivity index is 1.46. The number of hydrogen-bond acceptors (Lipinski definition) is 4. The maximum absolute atomic E-state index is 12.1. The van der Waals surface area contributed by atoms with Gasteiger partial charge < -0.3 is 10.1 Å². The van der Waals surface area contributed by atoms with E-state index in [1.807, 2.05) is 55.6 Å². The number of thiazole rings is 1. The molecule has 0 bridgehead atoms. The van der Waals surface area contributed by atoms with Crippen molar-refractivity contribution in [2.75, 3.05) is 11.9 Å². The molecule has 0 fully saturated rings. The minimum absolute atomic E-state index is 0.0466. The molecule has 0 spiro atoms. The Morgan fingerprint density at radius 3 is 2.89 bits per heavy atom. The molecule has 6 heteroatoms. The molecule has 3 rings (SSSR count). The van der Waals surface area contributed by atoms with Gasteiger partial charge in [-0.25, -0.2) is 4.98 Å². The molecule has 27 heavy (non-hydrogen) atoms. The standard InChI is InChI=1S/C21H21BrN2O2S/c1-14-8-9-15(2)19(11-14)26-10-4-7-20(25)24-21-23-18(13-27-21)16-5-3-6-17(22)12-16/h3,5-6,8-9,11-13H,4,7,10H2,1-2H3,(H,23,24,25). The van der Waals surface area contributed by atoms with Gasteiger partial charge in [-0.3, -0.25) is 4.79 Å². The van der Waals surface area contributed by atoms with Crippen LogP contribution in [0.3, 0.4) is 0 Å². The first-order valence-corrected chi connectivity index (χ1v) is 10.4. The number of aromatic nitrogens is 1. The molecular weight excluding hydrogens is 424 g/mol. The van der Waals surface area contributed by atoms with Gasteiger partial charge in [-0.15, -0.1) is 11.3 Å². The van der Waals surface area contributed by atoms with Crippen LogP contribution in [0, 0.1) is 13.8 Å². The second-order valence-corrected chi connectivity index (χ2v) is 8.09. The molecule has 0 saturated heterocycles. The molecule has 1 amide bonds. The number of anilines is 1. The molecular formula is C21H21BrN2O2S. The molecule has 0 saturated carbocycles. The highest BCUT2D eigenvalue weighted by molar-refractivity contribution is 9.10. The van der Waals surface area contributed by atoms with Gasteiger partial charge in [0.2, 0.25) is 5.91 Å². The summed E-state index contributed by atoms with van der Waals surface area (Å²) in [5.41, 5.74) is 4.14. The van der Waals surface area contributed by atoms with Crippen molar-refractivity contribution in [2.24, 2.45) is 0 Å². The molecule has 140 valence electrons. The first-order valence-electron chi connectivity index (χ1n) is 8.72. The molecule has 0 radical (unpaired) electrons. The zero-order chi connectivity index (χ0) is 19.2. The lowest BCUT2D eigenvalue weighted by atomic mass is 10.1. The zero-order valence-corrected chi connectivity index (χ0v) is 17.7. The van der Waals surface area contributed by atoms with Crippen LogP contribution in [0.5, 0.6) is 5.75 Å². The SMILES string of the molecule is Cc1ccc(C)c(OCCCC(=O)Nc2nc(-c3cccc(Br)c3)cs2)c1. The number of carbonyl (C=O) groups excluding carboxylic acids is 1. The van der Waals surface area contributed by atoms with Crippen LogP contribution in [0.15, 0.2) is 52.3 Å². The number of rotatable bonds is 7. The number of nitrogens with one attached hydrogen (secondary N) is 1. The molecule has 4 nitrogen and oxygen atoms in total. The second kappa shape index (κ2) is 9.15. The first-order chi connectivity index (χ1) is 13.0. The summed E-state index contributed by atoms with van der Waals surface area (Å²) < 4.78 is 6.80. The lowest BCUT2D eigenvalue weighted by Gasteiger charge is -2.09. The van der Waals surface area contributed by atoms with Crippen molar-refractivity contribution >= 4 is 38.3 Å². The van der Waals surface area contributed by atoms with Gasteiger partial charge in [-0.05, 0) is 49.6 Å². The Labute approximate surface area is 171 Å². The molecule has 1 aromatic heterocycles. The summed E-state index contributed by atoms with van der Waals surface area (Å²) in [6.07, 6.45) is 1.06. The van der Waals surface area contributed by atoms with Crippen molar-refractivity contribution in [1.29, 1.82) is 0 Å². The van der Waals surface area contributed by atoms with Crippen LogP contribution < -0.4 is 10.1 Å². The molecule has 1 N–H and O–H groups in total. The summed E-state index contributed by atoms with van der Waals surface area (Å²) in [7, 11) is 0. The van der Waals surface area contributed by atoms with E-state index in [0.29, 0.717) is 24.6 Å². The molecule has 0 unspecified atom stereocenters. The van der Waals surface area contributed by atoms with Crippen LogP contribution in [-0.4, -0.2) is 17.5 Å². The Hall–Kier alpha value is -2.18. The van der Waals surface area contributed by atoms with Gasteiger partial charge in [0.25, 0.3) is 0 Å². The molecule has 0 aliphatic carbocycles. The number of nitrogens with zero attached hydrogens (tertiary/aromatic N) is 1. The van der Waals surface area contributed by atoms with Gasteiger partial charge in [0.05, 0.1) is 12.3 Å². The Kier molecular flexibility index (Phi) is 6.63. The molecule has 2 aromatic carbocycles. The Morgan fingerprint density at radius 1 is 1.22 bits per heavy atom. The smallest absolute Gasteiger partial charge is 0.226 e. The second-order valence-electron chi connectivity index (χ2n) is 6.32. The van der Waals surface area contributed by atoms with Crippen LogP contribution in [0.4, 0.5) is 5.13 Å². The van der Waals surface area contributed by atoms with E-state index in [9.17, 15) is 4.79 Å². The van der Waals surface area contributed by atoms with Crippen LogP contribution in [0.25, 0.3) is 11.3 Å². The number of halogens is 1. The van der Waals surface area contributed by atoms with Crippen LogP contribution >= 0.6 is 27.3 Å². The van der Waals surface area contributed by atoms with Gasteiger partial charge in [0.15, 0.2) is 5.13 Å². The molecule has 0 aliphatic rings. The van der Waals surface area contributed by atoms with E-state index >= 15 is 0 Å². The predicted octanol–water partition coefficient (Wildman–Crippen LogP) is 5.99. The maximum Gasteiger partial charge on any atom is 0.226 e. The normalized spacial score (nSPS) is 10.6. The molecule has 3 aromatic rings. The van der Waals surface area contributed by atoms with E-state index in [2.05, 4.69) is 32.3 Å². The highest BCUT2D eigenvalue weighted by Crippen LogP contribution is 2.27. The zero-order valence-electron chi connectivity index (χ0n) is 15.3. The fraction of sp³-hybridized carbons (Fsp3) is 0.238. The third kappa shape index (κ3) is 5.65. The van der Waals surface area contributed by atoms with Crippen molar-refractivity contribution in [3.63, 3.8) is 0 Å². The molecule has 1 heterocycles. The average molecular weight is 445 g/mol. The minimum Gasteiger partial charge on any atom is -0.493 e. The van der Waals surface area contributed by atoms with Crippen molar-refractivity contribution in [3.8, 4) is 17.0 Å². The van der Waals surface area contributed by atoms with E-state index in [4.69, 9.17) is 4.74 Å². The Bertz CT molecular complexity index is 939. The van der Waals surface area contributed by atoms with Crippen LogP contribution in [-0.2, 0) is 4.79 Å². The van der Waals surface area contributed by atoms with Crippen molar-refractivity contribution in [2.45, 2.75) is 26.7 Å². The third-order valence-corrected chi connectivity index (χ3v) is 5.27. The molecule has 0 atom stereocenters. The van der Waals surface area contributed by atoms with Crippen LogP contribution in [0.2, 0.25) is 0 Å². The number of hydrogen-bond donors (Lipinski definition) is 1. The fourth-order valence-corrected chi connectivity index (χ4v) is 3.71. The van der Waals surface area contributed by atoms with E-state index in [0.717, 1.165) is 27.0 Å². The van der Waals surface area contributed by atoms with Crippen molar-refractivity contribution in [3.05, 3.63) is 63.4 Å². The summed E-state index contributed by atoms with van der Waals surface area (Å²) in [6, 6.07) is 14.1. The van der Waals surface area contributed by atoms with Gasteiger partial charge in [-0.1, -0.05) is 40.2 Å². The van der Waals surface area contributed by atoms with Gasteiger partial charge in [0, 0.05) is 21.8 Å². The first kappa shape index (κ1) is 19.6.